The van der Waals surface area contributed by atoms with Gasteiger partial charge < -0.3 is 15.4 Å². The number of amides is 2. The second-order valence-electron chi connectivity index (χ2n) is 7.34. The van der Waals surface area contributed by atoms with Crippen LogP contribution in [0, 0.1) is 11.3 Å². The van der Waals surface area contributed by atoms with Crippen molar-refractivity contribution in [1.29, 1.82) is 5.26 Å². The first kappa shape index (κ1) is 21.8. The molecule has 0 aliphatic rings. The molecule has 0 aromatic heterocycles. The monoisotopic (exact) mass is 415 g/mol. The topological polar surface area (TPSA) is 91.2 Å². The van der Waals surface area contributed by atoms with Crippen molar-refractivity contribution in [1.82, 2.24) is 10.6 Å². The number of hydrogen-bond acceptors (Lipinski definition) is 4. The van der Waals surface area contributed by atoms with Gasteiger partial charge >= 0.3 is 6.09 Å². The Balaban J connectivity index is 1.71. The third-order valence-electron chi connectivity index (χ3n) is 5.11. The first-order chi connectivity index (χ1) is 15.1. The van der Waals surface area contributed by atoms with Gasteiger partial charge in [-0.15, -0.1) is 0 Å². The number of ether oxygens (including phenoxy) is 1. The fraction of sp³-hybridized carbons (Fsp3) is 0.240. The number of fused-ring (bicyclic) bond motifs is 1. The lowest BCUT2D eigenvalue weighted by Crippen LogP contribution is -2.47. The lowest BCUT2D eigenvalue weighted by Gasteiger charge is -2.22. The van der Waals surface area contributed by atoms with Crippen molar-refractivity contribution in [2.75, 3.05) is 6.54 Å². The van der Waals surface area contributed by atoms with E-state index in [0.717, 1.165) is 21.9 Å². The fourth-order valence-electron chi connectivity index (χ4n) is 3.55. The summed E-state index contributed by atoms with van der Waals surface area (Å²) in [5.74, 6) is -0.427. The van der Waals surface area contributed by atoms with E-state index in [-0.39, 0.29) is 19.1 Å². The van der Waals surface area contributed by atoms with Gasteiger partial charge in [-0.2, -0.15) is 5.26 Å². The van der Waals surface area contributed by atoms with E-state index in [2.05, 4.69) is 10.6 Å². The fourth-order valence-corrected chi connectivity index (χ4v) is 3.55. The van der Waals surface area contributed by atoms with E-state index in [1.807, 2.05) is 85.8 Å². The van der Waals surface area contributed by atoms with Crippen LogP contribution in [-0.4, -0.2) is 24.6 Å². The molecule has 3 aromatic rings. The van der Waals surface area contributed by atoms with Gasteiger partial charge in [-0.05, 0) is 34.2 Å². The second kappa shape index (κ2) is 10.8. The Hall–Kier alpha value is -3.85. The maximum Gasteiger partial charge on any atom is 0.408 e. The van der Waals surface area contributed by atoms with Gasteiger partial charge in [0.1, 0.15) is 19.2 Å². The molecule has 0 fully saturated rings. The van der Waals surface area contributed by atoms with Crippen molar-refractivity contribution in [3.05, 3.63) is 83.9 Å². The third kappa shape index (κ3) is 6.06. The zero-order valence-corrected chi connectivity index (χ0v) is 17.4. The predicted molar refractivity (Wildman–Crippen MR) is 119 cm³/mol. The summed E-state index contributed by atoms with van der Waals surface area (Å²) in [7, 11) is 0. The molecule has 158 valence electrons. The molecule has 31 heavy (non-hydrogen) atoms. The van der Waals surface area contributed by atoms with Crippen LogP contribution in [-0.2, 0) is 16.1 Å². The summed E-state index contributed by atoms with van der Waals surface area (Å²) >= 11 is 0. The first-order valence-corrected chi connectivity index (χ1v) is 10.2. The van der Waals surface area contributed by atoms with Gasteiger partial charge in [0.15, 0.2) is 0 Å². The summed E-state index contributed by atoms with van der Waals surface area (Å²) in [5.41, 5.74) is 1.95. The highest BCUT2D eigenvalue weighted by Crippen LogP contribution is 2.28. The average Bonchev–Trinajstić information content (AvgIpc) is 2.81. The highest BCUT2D eigenvalue weighted by molar-refractivity contribution is 5.87. The molecule has 2 unspecified atom stereocenters. The van der Waals surface area contributed by atoms with Crippen LogP contribution in [0.25, 0.3) is 10.8 Å². The Labute approximate surface area is 181 Å². The summed E-state index contributed by atoms with van der Waals surface area (Å²) in [6, 6.07) is 24.5. The number of nitrogens with zero attached hydrogens (tertiary/aromatic N) is 1. The molecule has 6 heteroatoms. The van der Waals surface area contributed by atoms with E-state index in [0.29, 0.717) is 6.42 Å². The molecule has 6 nitrogen and oxygen atoms in total. The van der Waals surface area contributed by atoms with Crippen LogP contribution in [0.1, 0.15) is 30.4 Å². The van der Waals surface area contributed by atoms with Crippen molar-refractivity contribution in [2.24, 2.45) is 0 Å². The van der Waals surface area contributed by atoms with Crippen LogP contribution < -0.4 is 10.6 Å². The Morgan fingerprint density at radius 3 is 2.48 bits per heavy atom. The Morgan fingerprint density at radius 1 is 1.00 bits per heavy atom. The number of alkyl carbamates (subject to hydrolysis) is 1. The molecule has 0 saturated carbocycles. The number of rotatable bonds is 8. The van der Waals surface area contributed by atoms with E-state index < -0.39 is 18.0 Å². The molecule has 2 N–H and O–H groups in total. The number of hydrogen-bond donors (Lipinski definition) is 2. The minimum Gasteiger partial charge on any atom is -0.445 e. The largest absolute Gasteiger partial charge is 0.445 e. The van der Waals surface area contributed by atoms with E-state index in [9.17, 15) is 9.59 Å². The van der Waals surface area contributed by atoms with Crippen LogP contribution in [0.3, 0.4) is 0 Å². The number of carbonyl (C=O) groups is 2. The minimum atomic E-state index is -0.828. The molecule has 0 aliphatic heterocycles. The van der Waals surface area contributed by atoms with Gasteiger partial charge in [-0.1, -0.05) is 79.7 Å². The van der Waals surface area contributed by atoms with Gasteiger partial charge in [0.2, 0.25) is 5.91 Å². The van der Waals surface area contributed by atoms with Gasteiger partial charge in [0.05, 0.1) is 6.07 Å². The molecule has 0 spiro atoms. The summed E-state index contributed by atoms with van der Waals surface area (Å²) in [6.07, 6.45) is -0.308. The lowest BCUT2D eigenvalue weighted by molar-refractivity contribution is -0.123. The SMILES string of the molecule is CC(CC(NC(=O)OCc1ccccc1)C(=O)NCC#N)c1cccc2ccccc12. The maximum absolute atomic E-state index is 12.6. The molecule has 0 heterocycles. The van der Waals surface area contributed by atoms with Crippen LogP contribution in [0.5, 0.6) is 0 Å². The molecular formula is C25H25N3O3. The van der Waals surface area contributed by atoms with Gasteiger partial charge in [-0.3, -0.25) is 4.79 Å². The Morgan fingerprint density at radius 2 is 1.71 bits per heavy atom. The van der Waals surface area contributed by atoms with Crippen molar-refractivity contribution in [2.45, 2.75) is 31.9 Å². The third-order valence-corrected chi connectivity index (χ3v) is 5.11. The van der Waals surface area contributed by atoms with Crippen molar-refractivity contribution in [3.8, 4) is 6.07 Å². The molecule has 0 saturated heterocycles. The molecule has 3 rings (SSSR count). The molecule has 2 amide bonds. The highest BCUT2D eigenvalue weighted by atomic mass is 16.5. The molecule has 2 atom stereocenters. The zero-order chi connectivity index (χ0) is 22.1. The average molecular weight is 415 g/mol. The summed E-state index contributed by atoms with van der Waals surface area (Å²) in [4.78, 5) is 25.0. The molecule has 0 radical (unpaired) electrons. The standard InChI is InChI=1S/C25H25N3O3/c1-18(21-13-7-11-20-10-5-6-12-22(20)21)16-23(24(29)27-15-14-26)28-25(30)31-17-19-8-3-2-4-9-19/h2-13,18,23H,15-17H2,1H3,(H,27,29)(H,28,30). The van der Waals surface area contributed by atoms with Crippen LogP contribution >= 0.6 is 0 Å². The normalized spacial score (nSPS) is 12.4. The van der Waals surface area contributed by atoms with E-state index >= 15 is 0 Å². The predicted octanol–water partition coefficient (Wildman–Crippen LogP) is 4.27. The van der Waals surface area contributed by atoms with Gasteiger partial charge in [-0.25, -0.2) is 4.79 Å². The van der Waals surface area contributed by atoms with Crippen molar-refractivity contribution < 1.29 is 14.3 Å². The van der Waals surface area contributed by atoms with Crippen molar-refractivity contribution >= 4 is 22.8 Å². The first-order valence-electron chi connectivity index (χ1n) is 10.2. The van der Waals surface area contributed by atoms with Gasteiger partial charge in [0.25, 0.3) is 0 Å². The smallest absolute Gasteiger partial charge is 0.408 e. The van der Waals surface area contributed by atoms with Crippen LogP contribution in [0.2, 0.25) is 0 Å². The van der Waals surface area contributed by atoms with Crippen molar-refractivity contribution in [3.63, 3.8) is 0 Å². The van der Waals surface area contributed by atoms with E-state index in [1.165, 1.54) is 0 Å². The molecule has 0 bridgehead atoms. The summed E-state index contributed by atoms with van der Waals surface area (Å²) < 4.78 is 5.28. The molecular weight excluding hydrogens is 390 g/mol. The number of nitriles is 1. The van der Waals surface area contributed by atoms with E-state index in [1.54, 1.807) is 0 Å². The quantitative estimate of drug-likeness (QED) is 0.538. The number of benzene rings is 3. The van der Waals surface area contributed by atoms with Crippen LogP contribution in [0.4, 0.5) is 4.79 Å². The number of nitrogens with one attached hydrogen (secondary N) is 2. The summed E-state index contributed by atoms with van der Waals surface area (Å²) in [6.45, 7) is 2.00. The van der Waals surface area contributed by atoms with Gasteiger partial charge in [0, 0.05) is 0 Å². The minimum absolute atomic E-state index is 0.0154. The number of carbonyl (C=O) groups excluding carboxylic acids is 2. The Bertz CT molecular complexity index is 1070. The molecule has 0 aliphatic carbocycles. The zero-order valence-electron chi connectivity index (χ0n) is 17.4. The maximum atomic E-state index is 12.6. The lowest BCUT2D eigenvalue weighted by atomic mass is 9.89. The molecule has 3 aromatic carbocycles. The highest BCUT2D eigenvalue weighted by Gasteiger charge is 2.25. The van der Waals surface area contributed by atoms with E-state index in [4.69, 9.17) is 10.00 Å². The summed E-state index contributed by atoms with van der Waals surface area (Å²) in [5, 5.41) is 16.2. The Kier molecular flexibility index (Phi) is 7.61. The second-order valence-corrected chi connectivity index (χ2v) is 7.34. The van der Waals surface area contributed by atoms with Crippen LogP contribution in [0.15, 0.2) is 72.8 Å².